The molecule has 0 radical (unpaired) electrons. The molecule has 2 aliphatic rings. The summed E-state index contributed by atoms with van der Waals surface area (Å²) in [5, 5.41) is 9.55. The van der Waals surface area contributed by atoms with Crippen molar-refractivity contribution in [2.24, 2.45) is 0 Å². The maximum absolute atomic E-state index is 12.2. The van der Waals surface area contributed by atoms with E-state index >= 15 is 0 Å². The van der Waals surface area contributed by atoms with Crippen molar-refractivity contribution < 1.29 is 4.79 Å². The van der Waals surface area contributed by atoms with Gasteiger partial charge in [-0.2, -0.15) is 0 Å². The Labute approximate surface area is 132 Å². The Morgan fingerprint density at radius 1 is 1.23 bits per heavy atom. The zero-order valence-corrected chi connectivity index (χ0v) is 13.2. The summed E-state index contributed by atoms with van der Waals surface area (Å²) in [5.74, 6) is 0.0294. The molecule has 1 aromatic rings. The van der Waals surface area contributed by atoms with Crippen LogP contribution < -0.4 is 16.0 Å². The molecule has 0 bridgehead atoms. The van der Waals surface area contributed by atoms with Crippen LogP contribution in [0.15, 0.2) is 18.2 Å². The van der Waals surface area contributed by atoms with Crippen molar-refractivity contribution in [3.05, 3.63) is 29.3 Å². The maximum atomic E-state index is 12.2. The predicted molar refractivity (Wildman–Crippen MR) is 89.0 cm³/mol. The number of nitrogens with one attached hydrogen (secondary N) is 3. The number of amides is 1. The average molecular weight is 302 g/mol. The van der Waals surface area contributed by atoms with E-state index in [0.717, 1.165) is 44.0 Å². The number of hydrogen-bond acceptors (Lipinski definition) is 4. The maximum Gasteiger partial charge on any atom is 0.251 e. The summed E-state index contributed by atoms with van der Waals surface area (Å²) < 4.78 is 0. The third-order valence-corrected chi connectivity index (χ3v) is 4.48. The summed E-state index contributed by atoms with van der Waals surface area (Å²) in [6, 6.07) is 5.89. The second-order valence-electron chi connectivity index (χ2n) is 6.16. The second-order valence-corrected chi connectivity index (χ2v) is 6.16. The van der Waals surface area contributed by atoms with Gasteiger partial charge in [0.1, 0.15) is 0 Å². The fourth-order valence-electron chi connectivity index (χ4n) is 3.18. The molecular weight excluding hydrogens is 276 g/mol. The highest BCUT2D eigenvalue weighted by Crippen LogP contribution is 2.19. The molecule has 5 heteroatoms. The summed E-state index contributed by atoms with van der Waals surface area (Å²) in [6.45, 7) is 5.91. The first kappa shape index (κ1) is 15.3. The summed E-state index contributed by atoms with van der Waals surface area (Å²) in [4.78, 5) is 14.7. The van der Waals surface area contributed by atoms with Crippen LogP contribution in [0.2, 0.25) is 0 Å². The third kappa shape index (κ3) is 3.99. The second kappa shape index (κ2) is 7.61. The van der Waals surface area contributed by atoms with E-state index in [1.165, 1.54) is 37.9 Å². The predicted octanol–water partition coefficient (Wildman–Crippen LogP) is 1.76. The van der Waals surface area contributed by atoms with Crippen LogP contribution in [-0.4, -0.2) is 43.7 Å². The molecule has 1 saturated heterocycles. The number of carbonyl (C=O) groups is 1. The van der Waals surface area contributed by atoms with Gasteiger partial charge < -0.3 is 15.5 Å². The van der Waals surface area contributed by atoms with Gasteiger partial charge in [0.25, 0.3) is 5.91 Å². The zero-order valence-electron chi connectivity index (χ0n) is 13.2. The lowest BCUT2D eigenvalue weighted by Gasteiger charge is -2.26. The van der Waals surface area contributed by atoms with Gasteiger partial charge in [0.15, 0.2) is 0 Å². The summed E-state index contributed by atoms with van der Waals surface area (Å²) in [5.41, 5.74) is 3.03. The van der Waals surface area contributed by atoms with Crippen molar-refractivity contribution in [2.75, 3.05) is 38.2 Å². The number of nitrogens with zero attached hydrogens (tertiary/aromatic N) is 1. The highest BCUT2D eigenvalue weighted by molar-refractivity contribution is 5.95. The molecule has 3 rings (SSSR count). The summed E-state index contributed by atoms with van der Waals surface area (Å²) in [7, 11) is 0. The van der Waals surface area contributed by atoms with Gasteiger partial charge in [-0.25, -0.2) is 0 Å². The molecule has 3 N–H and O–H groups in total. The van der Waals surface area contributed by atoms with Crippen molar-refractivity contribution in [1.82, 2.24) is 15.5 Å². The Kier molecular flexibility index (Phi) is 5.29. The van der Waals surface area contributed by atoms with E-state index in [9.17, 15) is 4.79 Å². The number of hydrogen-bond donors (Lipinski definition) is 3. The Hall–Kier alpha value is -1.59. The molecule has 0 atom stereocenters. The highest BCUT2D eigenvalue weighted by atomic mass is 16.1. The Balaban J connectivity index is 1.43. The van der Waals surface area contributed by atoms with Crippen molar-refractivity contribution in [2.45, 2.75) is 32.2 Å². The first-order valence-corrected chi connectivity index (χ1v) is 8.41. The minimum absolute atomic E-state index is 0.0294. The largest absolute Gasteiger partial charge is 0.372 e. The van der Waals surface area contributed by atoms with Crippen LogP contribution in [0.4, 0.5) is 5.69 Å². The van der Waals surface area contributed by atoms with Gasteiger partial charge in [0.05, 0.1) is 6.67 Å². The van der Waals surface area contributed by atoms with E-state index < -0.39 is 0 Å². The van der Waals surface area contributed by atoms with E-state index in [1.54, 1.807) is 0 Å². The Bertz CT molecular complexity index is 511. The van der Waals surface area contributed by atoms with E-state index in [1.807, 2.05) is 18.2 Å². The standard InChI is InChI=1S/C17H26N4O/c22-17(19-7-4-10-21-8-2-1-3-9-21)14-5-6-15-12-18-13-20-16(15)11-14/h5-6,11,18,20H,1-4,7-10,12-13H2,(H,19,22). The topological polar surface area (TPSA) is 56.4 Å². The summed E-state index contributed by atoms with van der Waals surface area (Å²) >= 11 is 0. The van der Waals surface area contributed by atoms with Crippen molar-refractivity contribution in [3.8, 4) is 0 Å². The van der Waals surface area contributed by atoms with Crippen LogP contribution in [0.1, 0.15) is 41.6 Å². The molecule has 0 unspecified atom stereocenters. The van der Waals surface area contributed by atoms with E-state index in [0.29, 0.717) is 0 Å². The first-order valence-electron chi connectivity index (χ1n) is 8.41. The van der Waals surface area contributed by atoms with Gasteiger partial charge in [0, 0.05) is 24.3 Å². The van der Waals surface area contributed by atoms with Gasteiger partial charge >= 0.3 is 0 Å². The third-order valence-electron chi connectivity index (χ3n) is 4.48. The number of fused-ring (bicyclic) bond motifs is 1. The molecule has 2 heterocycles. The number of carbonyl (C=O) groups excluding carboxylic acids is 1. The number of likely N-dealkylation sites (tertiary alicyclic amines) is 1. The van der Waals surface area contributed by atoms with Crippen molar-refractivity contribution in [1.29, 1.82) is 0 Å². The van der Waals surface area contributed by atoms with Crippen LogP contribution in [-0.2, 0) is 6.54 Å². The SMILES string of the molecule is O=C(NCCCN1CCCCC1)c1ccc2c(c1)NCNC2. The Morgan fingerprint density at radius 2 is 2.09 bits per heavy atom. The van der Waals surface area contributed by atoms with Crippen molar-refractivity contribution in [3.63, 3.8) is 0 Å². The fraction of sp³-hybridized carbons (Fsp3) is 0.588. The molecule has 1 aromatic carbocycles. The molecule has 1 amide bonds. The van der Waals surface area contributed by atoms with Crippen molar-refractivity contribution >= 4 is 11.6 Å². The van der Waals surface area contributed by atoms with Gasteiger partial charge in [0.2, 0.25) is 0 Å². The molecule has 1 fully saturated rings. The van der Waals surface area contributed by atoms with E-state index in [-0.39, 0.29) is 5.91 Å². The normalized spacial score (nSPS) is 18.4. The number of benzene rings is 1. The van der Waals surface area contributed by atoms with E-state index in [2.05, 4.69) is 20.9 Å². The number of anilines is 1. The smallest absolute Gasteiger partial charge is 0.251 e. The molecule has 2 aliphatic heterocycles. The van der Waals surface area contributed by atoms with Gasteiger partial charge in [-0.05, 0) is 56.6 Å². The summed E-state index contributed by atoms with van der Waals surface area (Å²) in [6.07, 6.45) is 5.04. The molecule has 0 aromatic heterocycles. The number of rotatable bonds is 5. The molecule has 22 heavy (non-hydrogen) atoms. The van der Waals surface area contributed by atoms with Crippen LogP contribution in [0.3, 0.4) is 0 Å². The monoisotopic (exact) mass is 302 g/mol. The lowest BCUT2D eigenvalue weighted by atomic mass is 10.1. The molecule has 0 saturated carbocycles. The zero-order chi connectivity index (χ0) is 15.2. The molecular formula is C17H26N4O. The minimum atomic E-state index is 0.0294. The van der Waals surface area contributed by atoms with E-state index in [4.69, 9.17) is 0 Å². The van der Waals surface area contributed by atoms with Gasteiger partial charge in [-0.1, -0.05) is 12.5 Å². The van der Waals surface area contributed by atoms with Crippen LogP contribution in [0.25, 0.3) is 0 Å². The van der Waals surface area contributed by atoms with Gasteiger partial charge in [-0.3, -0.25) is 10.1 Å². The average Bonchev–Trinajstić information content (AvgIpc) is 2.59. The Morgan fingerprint density at radius 3 is 2.95 bits per heavy atom. The van der Waals surface area contributed by atoms with Crippen LogP contribution >= 0.6 is 0 Å². The molecule has 120 valence electrons. The lowest BCUT2D eigenvalue weighted by Crippen LogP contribution is -2.33. The van der Waals surface area contributed by atoms with Crippen LogP contribution in [0, 0.1) is 0 Å². The minimum Gasteiger partial charge on any atom is -0.372 e. The number of piperidine rings is 1. The molecule has 5 nitrogen and oxygen atoms in total. The van der Waals surface area contributed by atoms with Crippen LogP contribution in [0.5, 0.6) is 0 Å². The molecule has 0 spiro atoms. The highest BCUT2D eigenvalue weighted by Gasteiger charge is 2.12. The lowest BCUT2D eigenvalue weighted by molar-refractivity contribution is 0.0951. The first-order chi connectivity index (χ1) is 10.8. The quantitative estimate of drug-likeness (QED) is 0.726. The fourth-order valence-corrected chi connectivity index (χ4v) is 3.18. The van der Waals surface area contributed by atoms with Gasteiger partial charge in [-0.15, -0.1) is 0 Å². The molecule has 0 aliphatic carbocycles.